The second kappa shape index (κ2) is 2.12. The Hall–Kier alpha value is -0.778. The van der Waals surface area contributed by atoms with E-state index in [0.29, 0.717) is 0 Å². The fourth-order valence-corrected chi connectivity index (χ4v) is 1.42. The third kappa shape index (κ3) is 0.842. The Balaban J connectivity index is 2.86. The zero-order chi connectivity index (χ0) is 6.97. The predicted molar refractivity (Wildman–Crippen MR) is 43.4 cm³/mol. The van der Waals surface area contributed by atoms with Crippen molar-refractivity contribution >= 4 is 26.4 Å². The number of hydrogen-bond acceptors (Lipinski definition) is 1. The van der Waals surface area contributed by atoms with Gasteiger partial charge in [-0.3, -0.25) is 0 Å². The SMILES string of the molecule is [AlH2][c]1ccn2ccnc2c1. The van der Waals surface area contributed by atoms with Crippen molar-refractivity contribution in [3.63, 3.8) is 0 Å². The maximum Gasteiger partial charge on any atom is 0.259 e. The summed E-state index contributed by atoms with van der Waals surface area (Å²) in [5.74, 6) is 0. The van der Waals surface area contributed by atoms with Gasteiger partial charge in [0.05, 0.1) is 0 Å². The van der Waals surface area contributed by atoms with Crippen molar-refractivity contribution in [2.75, 3.05) is 0 Å². The van der Waals surface area contributed by atoms with Gasteiger partial charge in [0.2, 0.25) is 0 Å². The van der Waals surface area contributed by atoms with E-state index in [0.717, 1.165) is 21.9 Å². The van der Waals surface area contributed by atoms with Crippen molar-refractivity contribution in [3.8, 4) is 0 Å². The molecule has 0 fully saturated rings. The summed E-state index contributed by atoms with van der Waals surface area (Å²) in [6.07, 6.45) is 5.82. The first-order chi connectivity index (χ1) is 4.86. The lowest BCUT2D eigenvalue weighted by Gasteiger charge is -1.92. The molecule has 2 heterocycles. The van der Waals surface area contributed by atoms with Gasteiger partial charge in [-0.05, 0) is 6.07 Å². The summed E-state index contributed by atoms with van der Waals surface area (Å²) in [7, 11) is 0. The van der Waals surface area contributed by atoms with Gasteiger partial charge in [0.15, 0.2) is 0 Å². The quantitative estimate of drug-likeness (QED) is 0.462. The van der Waals surface area contributed by atoms with E-state index in [4.69, 9.17) is 0 Å². The van der Waals surface area contributed by atoms with Gasteiger partial charge >= 0.3 is 0 Å². The number of nitrogens with zero attached hydrogens (tertiary/aromatic N) is 2. The Morgan fingerprint density at radius 2 is 2.30 bits per heavy atom. The fraction of sp³-hybridized carbons (Fsp3) is 0. The number of rotatable bonds is 0. The molecule has 0 amide bonds. The van der Waals surface area contributed by atoms with Crippen LogP contribution in [0.4, 0.5) is 0 Å². The lowest BCUT2D eigenvalue weighted by molar-refractivity contribution is 1.19. The van der Waals surface area contributed by atoms with Gasteiger partial charge in [-0.2, -0.15) is 0 Å². The number of pyridine rings is 1. The molecule has 0 radical (unpaired) electrons. The Morgan fingerprint density at radius 3 is 3.20 bits per heavy atom. The molecule has 10 heavy (non-hydrogen) atoms. The summed E-state index contributed by atoms with van der Waals surface area (Å²) in [6.45, 7) is 0. The molecule has 0 N–H and O–H groups in total. The molecule has 48 valence electrons. The van der Waals surface area contributed by atoms with Crippen LogP contribution in [0.1, 0.15) is 0 Å². The van der Waals surface area contributed by atoms with Crippen LogP contribution in [0.15, 0.2) is 30.7 Å². The average molecular weight is 146 g/mol. The van der Waals surface area contributed by atoms with Gasteiger partial charge in [-0.15, -0.1) is 4.43 Å². The summed E-state index contributed by atoms with van der Waals surface area (Å²) in [5.41, 5.74) is 1.05. The molecule has 0 saturated heterocycles. The largest absolute Gasteiger partial charge is 0.307 e. The standard InChI is InChI=1S/C7H5N2.Al.2H/c1-2-5-9-6-4-8-7(9)3-1;;;/h2-6H;;;. The Labute approximate surface area is 66.9 Å². The van der Waals surface area contributed by atoms with Crippen molar-refractivity contribution < 1.29 is 0 Å². The highest BCUT2D eigenvalue weighted by molar-refractivity contribution is 6.32. The molecule has 0 aliphatic carbocycles. The van der Waals surface area contributed by atoms with Gasteiger partial charge in [0.1, 0.15) is 5.65 Å². The summed E-state index contributed by atoms with van der Waals surface area (Å²) >= 11 is 1.10. The molecule has 0 aromatic carbocycles. The number of fused-ring (bicyclic) bond motifs is 1. The minimum absolute atomic E-state index is 1.05. The molecule has 2 rings (SSSR count). The van der Waals surface area contributed by atoms with Crippen molar-refractivity contribution in [1.29, 1.82) is 0 Å². The third-order valence-corrected chi connectivity index (χ3v) is 2.18. The van der Waals surface area contributed by atoms with Crippen LogP contribution in [-0.2, 0) is 0 Å². The maximum atomic E-state index is 4.16. The lowest BCUT2D eigenvalue weighted by atomic mass is 10.5. The van der Waals surface area contributed by atoms with E-state index < -0.39 is 0 Å². The van der Waals surface area contributed by atoms with Gasteiger partial charge < -0.3 is 4.40 Å². The third-order valence-electron chi connectivity index (χ3n) is 1.55. The Kier molecular flexibility index (Phi) is 1.27. The number of hydrogen-bond donors (Lipinski definition) is 0. The van der Waals surface area contributed by atoms with Gasteiger partial charge in [0.25, 0.3) is 16.3 Å². The molecule has 2 aromatic rings. The minimum atomic E-state index is 1.05. The molecule has 0 unspecified atom stereocenters. The number of imidazole rings is 1. The molecule has 0 aliphatic rings. The van der Waals surface area contributed by atoms with Crippen LogP contribution in [0, 0.1) is 0 Å². The van der Waals surface area contributed by atoms with Gasteiger partial charge in [-0.1, -0.05) is 6.07 Å². The molecule has 0 saturated carbocycles. The average Bonchev–Trinajstić information content (AvgIpc) is 2.33. The fourth-order valence-electron chi connectivity index (χ4n) is 1.01. The van der Waals surface area contributed by atoms with E-state index in [9.17, 15) is 0 Å². The summed E-state index contributed by atoms with van der Waals surface area (Å²) in [6, 6.07) is 4.24. The minimum Gasteiger partial charge on any atom is -0.307 e. The molecule has 0 atom stereocenters. The molecule has 3 heteroatoms. The van der Waals surface area contributed by atoms with Crippen molar-refractivity contribution in [3.05, 3.63) is 30.7 Å². The van der Waals surface area contributed by atoms with Gasteiger partial charge in [0, 0.05) is 18.6 Å². The highest BCUT2D eigenvalue weighted by Crippen LogP contribution is 1.94. The van der Waals surface area contributed by atoms with Crippen molar-refractivity contribution in [1.82, 2.24) is 9.38 Å². The molecule has 0 bridgehead atoms. The van der Waals surface area contributed by atoms with E-state index >= 15 is 0 Å². The topological polar surface area (TPSA) is 17.3 Å². The Bertz CT molecular complexity index is 353. The molecule has 0 spiro atoms. The van der Waals surface area contributed by atoms with E-state index in [-0.39, 0.29) is 0 Å². The van der Waals surface area contributed by atoms with Crippen LogP contribution in [0.25, 0.3) is 5.65 Å². The van der Waals surface area contributed by atoms with E-state index in [1.54, 1.807) is 0 Å². The zero-order valence-electron chi connectivity index (χ0n) is 5.78. The molecule has 2 nitrogen and oxygen atoms in total. The van der Waals surface area contributed by atoms with Crippen LogP contribution >= 0.6 is 0 Å². The van der Waals surface area contributed by atoms with Crippen LogP contribution in [0.5, 0.6) is 0 Å². The van der Waals surface area contributed by atoms with Crippen LogP contribution in [0.2, 0.25) is 0 Å². The maximum absolute atomic E-state index is 4.16. The van der Waals surface area contributed by atoms with E-state index in [1.165, 1.54) is 4.43 Å². The molecular weight excluding hydrogens is 139 g/mol. The molecule has 2 aromatic heterocycles. The zero-order valence-corrected chi connectivity index (χ0v) is 7.78. The monoisotopic (exact) mass is 146 g/mol. The summed E-state index contributed by atoms with van der Waals surface area (Å²) in [4.78, 5) is 4.16. The highest BCUT2D eigenvalue weighted by atomic mass is 27.0. The predicted octanol–water partition coefficient (Wildman–Crippen LogP) is -0.407. The molecular formula is C7H7AlN2. The highest BCUT2D eigenvalue weighted by Gasteiger charge is 1.90. The van der Waals surface area contributed by atoms with Crippen LogP contribution in [-0.4, -0.2) is 25.7 Å². The van der Waals surface area contributed by atoms with Crippen molar-refractivity contribution in [2.45, 2.75) is 0 Å². The second-order valence-corrected chi connectivity index (χ2v) is 3.55. The number of aromatic nitrogens is 2. The smallest absolute Gasteiger partial charge is 0.259 e. The first-order valence-corrected chi connectivity index (χ1v) is 4.25. The van der Waals surface area contributed by atoms with Crippen molar-refractivity contribution in [2.24, 2.45) is 0 Å². The van der Waals surface area contributed by atoms with Crippen LogP contribution in [0.3, 0.4) is 0 Å². The summed E-state index contributed by atoms with van der Waals surface area (Å²) < 4.78 is 3.40. The first-order valence-electron chi connectivity index (χ1n) is 3.25. The first kappa shape index (κ1) is 5.97. The van der Waals surface area contributed by atoms with E-state index in [2.05, 4.69) is 17.1 Å². The second-order valence-electron chi connectivity index (χ2n) is 2.40. The molecule has 0 aliphatic heterocycles. The normalized spacial score (nSPS) is 10.4. The summed E-state index contributed by atoms with van der Waals surface area (Å²) in [5, 5.41) is 0. The Morgan fingerprint density at radius 1 is 1.40 bits per heavy atom. The lowest BCUT2D eigenvalue weighted by Crippen LogP contribution is -2.01. The van der Waals surface area contributed by atoms with Gasteiger partial charge in [-0.25, -0.2) is 4.98 Å². The van der Waals surface area contributed by atoms with Crippen LogP contribution < -0.4 is 4.43 Å². The van der Waals surface area contributed by atoms with E-state index in [1.807, 2.05) is 23.0 Å².